The minimum atomic E-state index is 0.657. The number of anilines is 1. The highest BCUT2D eigenvalue weighted by Crippen LogP contribution is 2.06. The zero-order valence-electron chi connectivity index (χ0n) is 10.1. The van der Waals surface area contributed by atoms with E-state index in [1.807, 2.05) is 24.3 Å². The normalized spacial score (nSPS) is 17.2. The van der Waals surface area contributed by atoms with Crippen LogP contribution < -0.4 is 5.73 Å². The quantitative estimate of drug-likeness (QED) is 0.615. The van der Waals surface area contributed by atoms with Crippen LogP contribution in [0.15, 0.2) is 24.3 Å². The number of nitrogens with zero attached hydrogens (tertiary/aromatic N) is 1. The number of hydrogen-bond acceptors (Lipinski definition) is 4. The zero-order valence-corrected chi connectivity index (χ0v) is 10.1. The molecule has 2 rings (SSSR count). The number of nitrogen functional groups attached to an aromatic ring is 1. The summed E-state index contributed by atoms with van der Waals surface area (Å²) in [6, 6.07) is 7.81. The highest BCUT2D eigenvalue weighted by Gasteiger charge is 2.09. The van der Waals surface area contributed by atoms with E-state index in [0.717, 1.165) is 45.1 Å². The van der Waals surface area contributed by atoms with Crippen molar-refractivity contribution in [2.75, 3.05) is 45.2 Å². The van der Waals surface area contributed by atoms with Gasteiger partial charge in [0.2, 0.25) is 0 Å². The van der Waals surface area contributed by atoms with Gasteiger partial charge in [0.1, 0.15) is 0 Å². The van der Waals surface area contributed by atoms with Gasteiger partial charge in [-0.3, -0.25) is 4.90 Å². The van der Waals surface area contributed by atoms with Crippen LogP contribution in [0.1, 0.15) is 5.56 Å². The molecule has 0 aliphatic carbocycles. The Morgan fingerprint density at radius 2 is 1.88 bits per heavy atom. The van der Waals surface area contributed by atoms with Gasteiger partial charge in [0.15, 0.2) is 0 Å². The molecule has 0 atom stereocenters. The molecule has 1 fully saturated rings. The van der Waals surface area contributed by atoms with E-state index in [1.165, 1.54) is 5.56 Å². The van der Waals surface area contributed by atoms with Crippen LogP contribution in [0.2, 0.25) is 0 Å². The predicted octanol–water partition coefficient (Wildman–Crippen LogP) is 1.12. The van der Waals surface area contributed by atoms with Crippen LogP contribution in [-0.2, 0) is 16.1 Å². The zero-order chi connectivity index (χ0) is 11.9. The molecule has 2 N–H and O–H groups in total. The molecular weight excluding hydrogens is 216 g/mol. The van der Waals surface area contributed by atoms with Crippen molar-refractivity contribution in [1.29, 1.82) is 0 Å². The largest absolute Gasteiger partial charge is 0.399 e. The summed E-state index contributed by atoms with van der Waals surface area (Å²) in [5.41, 5.74) is 7.58. The van der Waals surface area contributed by atoms with Crippen molar-refractivity contribution in [1.82, 2.24) is 4.90 Å². The number of rotatable bonds is 5. The van der Waals surface area contributed by atoms with Crippen LogP contribution in [0.3, 0.4) is 0 Å². The average molecular weight is 236 g/mol. The number of morpholine rings is 1. The fourth-order valence-electron chi connectivity index (χ4n) is 1.82. The third-order valence-corrected chi connectivity index (χ3v) is 2.90. The first-order valence-corrected chi connectivity index (χ1v) is 6.07. The van der Waals surface area contributed by atoms with Crippen molar-refractivity contribution in [3.63, 3.8) is 0 Å². The van der Waals surface area contributed by atoms with Gasteiger partial charge in [-0.25, -0.2) is 0 Å². The van der Waals surface area contributed by atoms with Gasteiger partial charge in [-0.2, -0.15) is 0 Å². The Bertz CT molecular complexity index is 321. The van der Waals surface area contributed by atoms with Crippen LogP contribution in [0, 0.1) is 0 Å². The van der Waals surface area contributed by atoms with Gasteiger partial charge in [-0.15, -0.1) is 0 Å². The molecule has 1 aliphatic heterocycles. The standard InChI is InChI=1S/C13H20N2O2/c14-13-3-1-12(2-4-13)11-17-10-7-15-5-8-16-9-6-15/h1-4H,5-11,14H2. The first kappa shape index (κ1) is 12.4. The molecule has 0 amide bonds. The highest BCUT2D eigenvalue weighted by atomic mass is 16.5. The summed E-state index contributed by atoms with van der Waals surface area (Å²) >= 11 is 0. The maximum absolute atomic E-state index is 5.64. The Morgan fingerprint density at radius 3 is 2.59 bits per heavy atom. The lowest BCUT2D eigenvalue weighted by molar-refractivity contribution is 0.0180. The van der Waals surface area contributed by atoms with Gasteiger partial charge in [0, 0.05) is 25.3 Å². The molecule has 1 aromatic carbocycles. The van der Waals surface area contributed by atoms with E-state index in [2.05, 4.69) is 4.90 Å². The van der Waals surface area contributed by atoms with Gasteiger partial charge in [0.05, 0.1) is 26.4 Å². The molecule has 0 bridgehead atoms. The van der Waals surface area contributed by atoms with E-state index >= 15 is 0 Å². The van der Waals surface area contributed by atoms with E-state index in [9.17, 15) is 0 Å². The number of benzene rings is 1. The van der Waals surface area contributed by atoms with Crippen molar-refractivity contribution in [2.24, 2.45) is 0 Å². The molecule has 0 unspecified atom stereocenters. The molecule has 4 nitrogen and oxygen atoms in total. The number of nitrogens with two attached hydrogens (primary N) is 1. The minimum Gasteiger partial charge on any atom is -0.399 e. The third-order valence-electron chi connectivity index (χ3n) is 2.90. The molecule has 17 heavy (non-hydrogen) atoms. The summed E-state index contributed by atoms with van der Waals surface area (Å²) in [7, 11) is 0. The molecule has 1 heterocycles. The lowest BCUT2D eigenvalue weighted by Crippen LogP contribution is -2.38. The summed E-state index contributed by atoms with van der Waals surface area (Å²) in [5.74, 6) is 0. The average Bonchev–Trinajstić information content (AvgIpc) is 2.38. The summed E-state index contributed by atoms with van der Waals surface area (Å²) < 4.78 is 10.9. The van der Waals surface area contributed by atoms with Gasteiger partial charge in [-0.1, -0.05) is 12.1 Å². The molecule has 1 saturated heterocycles. The summed E-state index contributed by atoms with van der Waals surface area (Å²) in [6.07, 6.45) is 0. The Morgan fingerprint density at radius 1 is 1.18 bits per heavy atom. The fourth-order valence-corrected chi connectivity index (χ4v) is 1.82. The monoisotopic (exact) mass is 236 g/mol. The SMILES string of the molecule is Nc1ccc(COCCN2CCOCC2)cc1. The van der Waals surface area contributed by atoms with Gasteiger partial charge < -0.3 is 15.2 Å². The van der Waals surface area contributed by atoms with E-state index in [1.54, 1.807) is 0 Å². The van der Waals surface area contributed by atoms with Gasteiger partial charge >= 0.3 is 0 Å². The Hall–Kier alpha value is -1.10. The Balaban J connectivity index is 1.60. The first-order chi connectivity index (χ1) is 8.34. The second kappa shape index (κ2) is 6.59. The molecule has 0 saturated carbocycles. The van der Waals surface area contributed by atoms with E-state index in [-0.39, 0.29) is 0 Å². The van der Waals surface area contributed by atoms with Crippen molar-refractivity contribution in [3.8, 4) is 0 Å². The third kappa shape index (κ3) is 4.34. The molecule has 0 aromatic heterocycles. The van der Waals surface area contributed by atoms with Crippen molar-refractivity contribution >= 4 is 5.69 Å². The number of ether oxygens (including phenoxy) is 2. The van der Waals surface area contributed by atoms with Crippen LogP contribution in [0.5, 0.6) is 0 Å². The van der Waals surface area contributed by atoms with E-state index in [0.29, 0.717) is 6.61 Å². The maximum Gasteiger partial charge on any atom is 0.0717 e. The fraction of sp³-hybridized carbons (Fsp3) is 0.538. The molecule has 94 valence electrons. The van der Waals surface area contributed by atoms with Crippen LogP contribution in [0.4, 0.5) is 5.69 Å². The first-order valence-electron chi connectivity index (χ1n) is 6.07. The molecule has 0 radical (unpaired) electrons. The second-order valence-electron chi connectivity index (χ2n) is 4.25. The predicted molar refractivity (Wildman–Crippen MR) is 67.8 cm³/mol. The van der Waals surface area contributed by atoms with Gasteiger partial charge in [0.25, 0.3) is 0 Å². The van der Waals surface area contributed by atoms with Crippen molar-refractivity contribution in [2.45, 2.75) is 6.61 Å². The van der Waals surface area contributed by atoms with E-state index in [4.69, 9.17) is 15.2 Å². The topological polar surface area (TPSA) is 47.7 Å². The van der Waals surface area contributed by atoms with Gasteiger partial charge in [-0.05, 0) is 17.7 Å². The molecule has 1 aromatic rings. The summed E-state index contributed by atoms with van der Waals surface area (Å²) in [4.78, 5) is 2.37. The second-order valence-corrected chi connectivity index (χ2v) is 4.25. The number of hydrogen-bond donors (Lipinski definition) is 1. The summed E-state index contributed by atoms with van der Waals surface area (Å²) in [6.45, 7) is 6.14. The van der Waals surface area contributed by atoms with Crippen LogP contribution >= 0.6 is 0 Å². The molecular formula is C13H20N2O2. The molecule has 0 spiro atoms. The van der Waals surface area contributed by atoms with Crippen molar-refractivity contribution in [3.05, 3.63) is 29.8 Å². The van der Waals surface area contributed by atoms with E-state index < -0.39 is 0 Å². The highest BCUT2D eigenvalue weighted by molar-refractivity contribution is 5.39. The van der Waals surface area contributed by atoms with Crippen molar-refractivity contribution < 1.29 is 9.47 Å². The molecule has 4 heteroatoms. The lowest BCUT2D eigenvalue weighted by atomic mass is 10.2. The maximum atomic E-state index is 5.64. The minimum absolute atomic E-state index is 0.657. The Labute approximate surface area is 102 Å². The lowest BCUT2D eigenvalue weighted by Gasteiger charge is -2.26. The van der Waals surface area contributed by atoms with Crippen LogP contribution in [0.25, 0.3) is 0 Å². The summed E-state index contributed by atoms with van der Waals surface area (Å²) in [5, 5.41) is 0. The van der Waals surface area contributed by atoms with Crippen LogP contribution in [-0.4, -0.2) is 44.4 Å². The smallest absolute Gasteiger partial charge is 0.0717 e. The Kier molecular flexibility index (Phi) is 4.79. The molecule has 1 aliphatic rings.